The van der Waals surface area contributed by atoms with Crippen molar-refractivity contribution in [2.75, 3.05) is 6.61 Å². The summed E-state index contributed by atoms with van der Waals surface area (Å²) in [4.78, 5) is 47.8. The second-order valence-corrected chi connectivity index (χ2v) is 9.37. The second kappa shape index (κ2) is 11.9. The molecule has 6 atom stereocenters. The molecule has 14 nitrogen and oxygen atoms in total. The van der Waals surface area contributed by atoms with Crippen LogP contribution in [0.4, 0.5) is 0 Å². The highest BCUT2D eigenvalue weighted by atomic mass is 16.7. The minimum absolute atomic E-state index is 0.0397. The van der Waals surface area contributed by atoms with Crippen molar-refractivity contribution in [3.63, 3.8) is 0 Å². The number of benzene rings is 2. The van der Waals surface area contributed by atoms with Crippen LogP contribution < -0.4 is 9.47 Å². The highest BCUT2D eigenvalue weighted by Gasteiger charge is 2.51. The molecule has 41 heavy (non-hydrogen) atoms. The smallest absolute Gasteiger partial charge is 0.303 e. The van der Waals surface area contributed by atoms with Gasteiger partial charge >= 0.3 is 17.9 Å². The molecule has 1 saturated heterocycles. The zero-order valence-corrected chi connectivity index (χ0v) is 22.1. The van der Waals surface area contributed by atoms with Crippen molar-refractivity contribution < 1.29 is 68.0 Å². The number of rotatable bonds is 7. The first-order valence-corrected chi connectivity index (χ1v) is 12.4. The van der Waals surface area contributed by atoms with Gasteiger partial charge in [0.15, 0.2) is 41.0 Å². The number of hydrogen-bond donors (Lipinski definition) is 4. The molecular weight excluding hydrogens is 548 g/mol. The summed E-state index contributed by atoms with van der Waals surface area (Å²) in [6.07, 6.45) is -8.63. The van der Waals surface area contributed by atoms with E-state index >= 15 is 0 Å². The van der Waals surface area contributed by atoms with Gasteiger partial charge in [0, 0.05) is 20.8 Å². The number of ketones is 1. The fourth-order valence-corrected chi connectivity index (χ4v) is 4.48. The quantitative estimate of drug-likeness (QED) is 0.209. The molecule has 0 saturated carbocycles. The minimum atomic E-state index is -1.70. The molecule has 0 spiro atoms. The lowest BCUT2D eigenvalue weighted by molar-refractivity contribution is -0.285. The first kappa shape index (κ1) is 29.4. The van der Waals surface area contributed by atoms with Gasteiger partial charge in [0.1, 0.15) is 24.9 Å². The van der Waals surface area contributed by atoms with E-state index in [0.29, 0.717) is 5.56 Å². The van der Waals surface area contributed by atoms with Crippen molar-refractivity contribution in [2.45, 2.75) is 64.0 Å². The number of aliphatic hydroxyl groups excluding tert-OH is 1. The van der Waals surface area contributed by atoms with Gasteiger partial charge in [-0.3, -0.25) is 19.2 Å². The van der Waals surface area contributed by atoms with E-state index in [-0.39, 0.29) is 29.2 Å². The summed E-state index contributed by atoms with van der Waals surface area (Å²) in [5, 5.41) is 41.5. The lowest BCUT2D eigenvalue weighted by Crippen LogP contribution is -2.62. The Morgan fingerprint density at radius 1 is 0.927 bits per heavy atom. The third kappa shape index (κ3) is 6.44. The largest absolute Gasteiger partial charge is 0.504 e. The molecule has 0 bridgehead atoms. The molecule has 0 aromatic heterocycles. The van der Waals surface area contributed by atoms with Crippen molar-refractivity contribution in [3.8, 4) is 28.7 Å². The van der Waals surface area contributed by atoms with E-state index in [1.165, 1.54) is 30.3 Å². The summed E-state index contributed by atoms with van der Waals surface area (Å²) in [5.74, 6) is -4.66. The fourth-order valence-electron chi connectivity index (χ4n) is 4.48. The van der Waals surface area contributed by atoms with Crippen LogP contribution in [-0.4, -0.2) is 81.4 Å². The summed E-state index contributed by atoms with van der Waals surface area (Å²) < 4.78 is 32.7. The number of aliphatic hydroxyl groups is 1. The monoisotopic (exact) mass is 576 g/mol. The van der Waals surface area contributed by atoms with Crippen LogP contribution in [0.2, 0.25) is 0 Å². The number of phenolic OH excluding ortho intramolecular Hbond substituents is 3. The molecule has 4 N–H and O–H groups in total. The standard InChI is InChI=1S/C27H28O14/c1-11(28)36-10-21-25(37-12(2)29)23(35)26(38-13(3)30)27(41-21)40-19-7-5-15-17(32)9-20(39-24(15)22(19)34)14-4-6-16(31)18(33)8-14/h4-8,20-21,23,25-27,31,33-35H,9-10H2,1-3H3/t20?,21?,23-,25+,26?,27+/m0/s1. The first-order valence-electron chi connectivity index (χ1n) is 12.4. The molecule has 0 amide bonds. The number of ether oxygens (including phenoxy) is 6. The molecule has 2 heterocycles. The van der Waals surface area contributed by atoms with E-state index in [2.05, 4.69) is 0 Å². The van der Waals surface area contributed by atoms with E-state index < -0.39 is 78.6 Å². The maximum atomic E-state index is 12.8. The van der Waals surface area contributed by atoms with Crippen LogP contribution in [0, 0.1) is 0 Å². The molecular formula is C27H28O14. The van der Waals surface area contributed by atoms with Gasteiger partial charge < -0.3 is 48.8 Å². The molecule has 1 fully saturated rings. The predicted octanol–water partition coefficient (Wildman–Crippen LogP) is 1.40. The lowest BCUT2D eigenvalue weighted by Gasteiger charge is -2.42. The topological polar surface area (TPSA) is 205 Å². The second-order valence-electron chi connectivity index (χ2n) is 9.37. The van der Waals surface area contributed by atoms with Crippen LogP contribution in [0.15, 0.2) is 30.3 Å². The first-order chi connectivity index (χ1) is 19.3. The SMILES string of the molecule is CC(=O)OCC1O[C@@H](Oc2ccc3c(c2O)OC(c2ccc(O)c(O)c2)CC3=O)C(OC(C)=O)[C@@H](O)[C@@H]1OC(C)=O. The molecule has 220 valence electrons. The van der Waals surface area contributed by atoms with E-state index in [0.717, 1.165) is 20.8 Å². The van der Waals surface area contributed by atoms with Gasteiger partial charge in [-0.2, -0.15) is 0 Å². The Hall–Kier alpha value is -4.56. The summed E-state index contributed by atoms with van der Waals surface area (Å²) in [6.45, 7) is 2.81. The molecule has 2 aromatic carbocycles. The van der Waals surface area contributed by atoms with Crippen LogP contribution >= 0.6 is 0 Å². The van der Waals surface area contributed by atoms with E-state index in [4.69, 9.17) is 28.4 Å². The van der Waals surface area contributed by atoms with E-state index in [1.54, 1.807) is 0 Å². The summed E-state index contributed by atoms with van der Waals surface area (Å²) in [5.41, 5.74) is 0.390. The number of esters is 3. The normalized spacial score (nSPS) is 25.3. The van der Waals surface area contributed by atoms with Crippen molar-refractivity contribution in [3.05, 3.63) is 41.5 Å². The Morgan fingerprint density at radius 3 is 2.24 bits per heavy atom. The number of phenols is 3. The highest BCUT2D eigenvalue weighted by Crippen LogP contribution is 2.47. The maximum absolute atomic E-state index is 12.8. The zero-order chi connectivity index (χ0) is 30.0. The number of fused-ring (bicyclic) bond motifs is 1. The Labute approximate surface area is 232 Å². The summed E-state index contributed by atoms with van der Waals surface area (Å²) >= 11 is 0. The van der Waals surface area contributed by atoms with Gasteiger partial charge in [-0.25, -0.2) is 0 Å². The molecule has 2 aliphatic heterocycles. The van der Waals surface area contributed by atoms with Crippen molar-refractivity contribution in [1.29, 1.82) is 0 Å². The van der Waals surface area contributed by atoms with Crippen molar-refractivity contribution >= 4 is 23.7 Å². The Morgan fingerprint density at radius 2 is 1.61 bits per heavy atom. The predicted molar refractivity (Wildman–Crippen MR) is 133 cm³/mol. The highest BCUT2D eigenvalue weighted by molar-refractivity contribution is 6.01. The third-order valence-electron chi connectivity index (χ3n) is 6.31. The summed E-state index contributed by atoms with van der Waals surface area (Å²) in [6, 6.07) is 6.46. The van der Waals surface area contributed by atoms with Gasteiger partial charge in [-0.1, -0.05) is 6.07 Å². The molecule has 3 unspecified atom stereocenters. The number of carbonyl (C=O) groups is 4. The van der Waals surface area contributed by atoms with Crippen LogP contribution in [0.25, 0.3) is 0 Å². The molecule has 4 rings (SSSR count). The number of Topliss-reactive ketones (excluding diaryl/α,β-unsaturated/α-hetero) is 1. The van der Waals surface area contributed by atoms with E-state index in [9.17, 15) is 39.6 Å². The van der Waals surface area contributed by atoms with Crippen molar-refractivity contribution in [2.24, 2.45) is 0 Å². The molecule has 0 radical (unpaired) electrons. The van der Waals surface area contributed by atoms with Crippen molar-refractivity contribution in [1.82, 2.24) is 0 Å². The average Bonchev–Trinajstić information content (AvgIpc) is 2.89. The lowest BCUT2D eigenvalue weighted by atomic mass is 9.95. The Balaban J connectivity index is 1.65. The van der Waals surface area contributed by atoms with Gasteiger partial charge in [0.05, 0.1) is 12.0 Å². The van der Waals surface area contributed by atoms with Gasteiger partial charge in [0.2, 0.25) is 12.0 Å². The van der Waals surface area contributed by atoms with Crippen LogP contribution in [0.3, 0.4) is 0 Å². The van der Waals surface area contributed by atoms with Gasteiger partial charge in [-0.05, 0) is 29.8 Å². The van der Waals surface area contributed by atoms with Gasteiger partial charge in [0.25, 0.3) is 0 Å². The zero-order valence-electron chi connectivity index (χ0n) is 22.1. The maximum Gasteiger partial charge on any atom is 0.303 e. The van der Waals surface area contributed by atoms with Gasteiger partial charge in [-0.15, -0.1) is 0 Å². The van der Waals surface area contributed by atoms with E-state index in [1.807, 2.05) is 0 Å². The molecule has 2 aliphatic rings. The Kier molecular flexibility index (Phi) is 8.54. The van der Waals surface area contributed by atoms with Crippen LogP contribution in [0.5, 0.6) is 28.7 Å². The Bertz CT molecular complexity index is 1350. The molecule has 2 aromatic rings. The molecule has 14 heteroatoms. The number of carbonyl (C=O) groups excluding carboxylic acids is 4. The average molecular weight is 577 g/mol. The fraction of sp³-hybridized carbons (Fsp3) is 0.407. The summed E-state index contributed by atoms with van der Waals surface area (Å²) in [7, 11) is 0. The third-order valence-corrected chi connectivity index (χ3v) is 6.31. The minimum Gasteiger partial charge on any atom is -0.504 e. The molecule has 0 aliphatic carbocycles. The van der Waals surface area contributed by atoms with Crippen LogP contribution in [0.1, 0.15) is 49.2 Å². The van der Waals surface area contributed by atoms with Crippen LogP contribution in [-0.2, 0) is 33.3 Å². The number of aromatic hydroxyl groups is 3. The number of hydrogen-bond acceptors (Lipinski definition) is 14.